The Kier molecular flexibility index (Phi) is 4.25. The van der Waals surface area contributed by atoms with Crippen LogP contribution in [0.15, 0.2) is 42.5 Å². The second-order valence-electron chi connectivity index (χ2n) is 4.49. The smallest absolute Gasteiger partial charge is 0.244 e. The second-order valence-corrected chi connectivity index (χ2v) is 4.92. The number of hydrogen-bond donors (Lipinski definition) is 2. The summed E-state index contributed by atoms with van der Waals surface area (Å²) < 4.78 is 12.9. The van der Waals surface area contributed by atoms with Crippen LogP contribution in [0.4, 0.5) is 10.1 Å². The van der Waals surface area contributed by atoms with Gasteiger partial charge in [-0.15, -0.1) is 0 Å². The lowest BCUT2D eigenvalue weighted by molar-refractivity contribution is -0.118. The number of nitrogens with one attached hydrogen (secondary N) is 1. The number of carbonyl (C=O) groups excluding carboxylic acids is 1. The molecule has 0 heterocycles. The number of anilines is 1. The van der Waals surface area contributed by atoms with Crippen molar-refractivity contribution >= 4 is 23.2 Å². The quantitative estimate of drug-likeness (QED) is 0.907. The monoisotopic (exact) mass is 292 g/mol. The number of primary amides is 1. The van der Waals surface area contributed by atoms with Gasteiger partial charge in [-0.2, -0.15) is 0 Å². The number of benzene rings is 2. The van der Waals surface area contributed by atoms with E-state index in [9.17, 15) is 9.18 Å². The van der Waals surface area contributed by atoms with E-state index in [0.29, 0.717) is 10.7 Å². The molecule has 3 N–H and O–H groups in total. The predicted octanol–water partition coefficient (Wildman–Crippen LogP) is 3.43. The van der Waals surface area contributed by atoms with Crippen molar-refractivity contribution in [1.29, 1.82) is 0 Å². The molecule has 2 rings (SSSR count). The Morgan fingerprint density at radius 3 is 2.45 bits per heavy atom. The molecule has 0 spiro atoms. The molecule has 104 valence electrons. The number of hydrogen-bond acceptors (Lipinski definition) is 2. The molecule has 1 atom stereocenters. The SMILES string of the molecule is Cc1cc(Cl)ccc1C(Nc1ccc(F)cc1)C(N)=O. The van der Waals surface area contributed by atoms with E-state index in [-0.39, 0.29) is 5.82 Å². The lowest BCUT2D eigenvalue weighted by Crippen LogP contribution is -2.28. The first-order valence-electron chi connectivity index (χ1n) is 6.05. The highest BCUT2D eigenvalue weighted by molar-refractivity contribution is 6.30. The van der Waals surface area contributed by atoms with Gasteiger partial charge in [0.05, 0.1) is 0 Å². The number of aryl methyl sites for hydroxylation is 1. The van der Waals surface area contributed by atoms with Crippen LogP contribution in [0.25, 0.3) is 0 Å². The Hall–Kier alpha value is -2.07. The van der Waals surface area contributed by atoms with Gasteiger partial charge in [-0.25, -0.2) is 4.39 Å². The highest BCUT2D eigenvalue weighted by Gasteiger charge is 2.19. The van der Waals surface area contributed by atoms with E-state index in [0.717, 1.165) is 11.1 Å². The van der Waals surface area contributed by atoms with E-state index in [1.165, 1.54) is 12.1 Å². The summed E-state index contributed by atoms with van der Waals surface area (Å²) in [5.74, 6) is -0.853. The highest BCUT2D eigenvalue weighted by Crippen LogP contribution is 2.25. The van der Waals surface area contributed by atoms with Crippen LogP contribution >= 0.6 is 11.6 Å². The van der Waals surface area contributed by atoms with Gasteiger partial charge in [0, 0.05) is 10.7 Å². The number of amides is 1. The van der Waals surface area contributed by atoms with Crippen LogP contribution in [0.1, 0.15) is 17.2 Å². The lowest BCUT2D eigenvalue weighted by Gasteiger charge is -2.19. The molecule has 2 aromatic carbocycles. The summed E-state index contributed by atoms with van der Waals surface area (Å²) >= 11 is 5.90. The molecule has 0 aromatic heterocycles. The lowest BCUT2D eigenvalue weighted by atomic mass is 10.0. The average molecular weight is 293 g/mol. The van der Waals surface area contributed by atoms with E-state index < -0.39 is 11.9 Å². The van der Waals surface area contributed by atoms with E-state index in [1.807, 2.05) is 6.92 Å². The molecule has 20 heavy (non-hydrogen) atoms. The molecule has 3 nitrogen and oxygen atoms in total. The molecule has 0 bridgehead atoms. The second kappa shape index (κ2) is 5.92. The number of carbonyl (C=O) groups is 1. The van der Waals surface area contributed by atoms with Gasteiger partial charge in [0.1, 0.15) is 11.9 Å². The maximum absolute atomic E-state index is 12.9. The van der Waals surface area contributed by atoms with Gasteiger partial charge >= 0.3 is 0 Å². The van der Waals surface area contributed by atoms with Crippen LogP contribution in [0.2, 0.25) is 5.02 Å². The van der Waals surface area contributed by atoms with Crippen molar-refractivity contribution in [3.05, 3.63) is 64.4 Å². The van der Waals surface area contributed by atoms with Crippen molar-refractivity contribution in [1.82, 2.24) is 0 Å². The Balaban J connectivity index is 2.31. The number of halogens is 2. The summed E-state index contributed by atoms with van der Waals surface area (Å²) in [4.78, 5) is 11.7. The van der Waals surface area contributed by atoms with Crippen molar-refractivity contribution < 1.29 is 9.18 Å². The highest BCUT2D eigenvalue weighted by atomic mass is 35.5. The first-order chi connectivity index (χ1) is 9.47. The number of rotatable bonds is 4. The molecule has 0 saturated carbocycles. The molecule has 0 radical (unpaired) electrons. The summed E-state index contributed by atoms with van der Waals surface area (Å²) in [5, 5.41) is 3.59. The summed E-state index contributed by atoms with van der Waals surface area (Å²) in [7, 11) is 0. The van der Waals surface area contributed by atoms with Crippen molar-refractivity contribution in [3.63, 3.8) is 0 Å². The Morgan fingerprint density at radius 1 is 1.25 bits per heavy atom. The van der Waals surface area contributed by atoms with Gasteiger partial charge < -0.3 is 11.1 Å². The molecule has 5 heteroatoms. The van der Waals surface area contributed by atoms with Crippen LogP contribution in [0, 0.1) is 12.7 Å². The van der Waals surface area contributed by atoms with Crippen molar-refractivity contribution in [3.8, 4) is 0 Å². The van der Waals surface area contributed by atoms with E-state index in [1.54, 1.807) is 30.3 Å². The standard InChI is InChI=1S/C15H14ClFN2O/c1-9-8-10(16)2-7-13(9)14(15(18)20)19-12-5-3-11(17)4-6-12/h2-8,14,19H,1H3,(H2,18,20). The van der Waals surface area contributed by atoms with Gasteiger partial charge in [-0.1, -0.05) is 17.7 Å². The van der Waals surface area contributed by atoms with E-state index in [2.05, 4.69) is 5.32 Å². The first kappa shape index (κ1) is 14.3. The van der Waals surface area contributed by atoms with Crippen molar-refractivity contribution in [2.45, 2.75) is 13.0 Å². The molecule has 0 saturated heterocycles. The van der Waals surface area contributed by atoms with Crippen LogP contribution in [0.3, 0.4) is 0 Å². The zero-order valence-corrected chi connectivity index (χ0v) is 11.6. The van der Waals surface area contributed by atoms with Crippen LogP contribution in [-0.4, -0.2) is 5.91 Å². The van der Waals surface area contributed by atoms with Gasteiger partial charge in [-0.05, 0) is 54.4 Å². The predicted molar refractivity (Wildman–Crippen MR) is 78.1 cm³/mol. The fraction of sp³-hybridized carbons (Fsp3) is 0.133. The van der Waals surface area contributed by atoms with Gasteiger partial charge in [0.25, 0.3) is 0 Å². The van der Waals surface area contributed by atoms with Crippen LogP contribution in [-0.2, 0) is 4.79 Å². The molecule has 0 aliphatic rings. The maximum Gasteiger partial charge on any atom is 0.244 e. The van der Waals surface area contributed by atoms with Gasteiger partial charge in [0.2, 0.25) is 5.91 Å². The van der Waals surface area contributed by atoms with Crippen molar-refractivity contribution in [2.24, 2.45) is 5.73 Å². The third kappa shape index (κ3) is 3.27. The Labute approximate surface area is 121 Å². The van der Waals surface area contributed by atoms with Gasteiger partial charge in [0.15, 0.2) is 0 Å². The first-order valence-corrected chi connectivity index (χ1v) is 6.42. The fourth-order valence-electron chi connectivity index (χ4n) is 1.98. The average Bonchev–Trinajstić information content (AvgIpc) is 2.39. The number of nitrogens with two attached hydrogens (primary N) is 1. The minimum atomic E-state index is -0.697. The topological polar surface area (TPSA) is 55.1 Å². The zero-order chi connectivity index (χ0) is 14.7. The fourth-order valence-corrected chi connectivity index (χ4v) is 2.20. The van der Waals surface area contributed by atoms with Crippen molar-refractivity contribution in [2.75, 3.05) is 5.32 Å². The molecule has 1 amide bonds. The van der Waals surface area contributed by atoms with E-state index in [4.69, 9.17) is 17.3 Å². The minimum Gasteiger partial charge on any atom is -0.370 e. The molecule has 2 aromatic rings. The zero-order valence-electron chi connectivity index (χ0n) is 10.9. The molecule has 1 unspecified atom stereocenters. The maximum atomic E-state index is 12.9. The molecule has 0 aliphatic heterocycles. The summed E-state index contributed by atoms with van der Waals surface area (Å²) in [6, 6.07) is 10.3. The molecular weight excluding hydrogens is 279 g/mol. The molecule has 0 fully saturated rings. The van der Waals surface area contributed by atoms with Crippen LogP contribution in [0.5, 0.6) is 0 Å². The summed E-state index contributed by atoms with van der Waals surface area (Å²) in [6.45, 7) is 1.85. The normalized spacial score (nSPS) is 11.9. The summed E-state index contributed by atoms with van der Waals surface area (Å²) in [6.07, 6.45) is 0. The Bertz CT molecular complexity index is 628. The third-order valence-corrected chi connectivity index (χ3v) is 3.22. The summed E-state index contributed by atoms with van der Waals surface area (Å²) in [5.41, 5.74) is 7.66. The largest absolute Gasteiger partial charge is 0.370 e. The molecular formula is C15H14ClFN2O. The van der Waals surface area contributed by atoms with E-state index >= 15 is 0 Å². The minimum absolute atomic E-state index is 0.339. The van der Waals surface area contributed by atoms with Gasteiger partial charge in [-0.3, -0.25) is 4.79 Å². The Morgan fingerprint density at radius 2 is 1.90 bits per heavy atom. The third-order valence-electron chi connectivity index (χ3n) is 2.98. The van der Waals surface area contributed by atoms with Crippen LogP contribution < -0.4 is 11.1 Å². The molecule has 0 aliphatic carbocycles.